The van der Waals surface area contributed by atoms with Gasteiger partial charge in [0.1, 0.15) is 5.82 Å². The van der Waals surface area contributed by atoms with Gasteiger partial charge in [0.05, 0.1) is 23.5 Å². The molecule has 4 rings (SSSR count). The van der Waals surface area contributed by atoms with Crippen LogP contribution in [-0.4, -0.2) is 27.3 Å². The standard InChI is InChI=1S/C23H23N3O5S/c1-31-23(28)21-19(14-6-3-2-4-7-14)20-17(8-5-9-18(20)27)26(22(21)24)15-10-12-16(13-11-15)32(25,29)30/h2-4,6-7,10-13,19H,5,8-9,24H2,1H3,(H2,25,29,30)/t19-/m0/s1. The van der Waals surface area contributed by atoms with Crippen LogP contribution >= 0.6 is 0 Å². The number of sulfonamides is 1. The van der Waals surface area contributed by atoms with E-state index in [2.05, 4.69) is 0 Å². The van der Waals surface area contributed by atoms with E-state index in [0.29, 0.717) is 36.2 Å². The Bertz CT molecular complexity index is 1250. The molecule has 0 aromatic heterocycles. The van der Waals surface area contributed by atoms with Crippen LogP contribution in [-0.2, 0) is 24.3 Å². The largest absolute Gasteiger partial charge is 0.466 e. The number of benzene rings is 2. The number of ketones is 1. The zero-order valence-electron chi connectivity index (χ0n) is 17.4. The predicted molar refractivity (Wildman–Crippen MR) is 119 cm³/mol. The number of carbonyl (C=O) groups is 2. The molecule has 2 aromatic rings. The van der Waals surface area contributed by atoms with Crippen molar-refractivity contribution in [3.8, 4) is 0 Å². The monoisotopic (exact) mass is 453 g/mol. The van der Waals surface area contributed by atoms with Crippen molar-refractivity contribution in [1.82, 2.24) is 0 Å². The van der Waals surface area contributed by atoms with Crippen LogP contribution in [0.1, 0.15) is 30.7 Å². The average molecular weight is 454 g/mol. The number of nitrogens with two attached hydrogens (primary N) is 2. The van der Waals surface area contributed by atoms with Gasteiger partial charge in [-0.15, -0.1) is 0 Å². The van der Waals surface area contributed by atoms with Crippen molar-refractivity contribution >= 4 is 27.5 Å². The van der Waals surface area contributed by atoms with E-state index >= 15 is 0 Å². The van der Waals surface area contributed by atoms with Gasteiger partial charge in [0, 0.05) is 23.4 Å². The van der Waals surface area contributed by atoms with Crippen molar-refractivity contribution < 1.29 is 22.7 Å². The van der Waals surface area contributed by atoms with Gasteiger partial charge in [-0.25, -0.2) is 18.4 Å². The Hall–Kier alpha value is -3.43. The molecule has 0 saturated heterocycles. The molecule has 0 radical (unpaired) electrons. The summed E-state index contributed by atoms with van der Waals surface area (Å²) < 4.78 is 28.3. The first-order valence-corrected chi connectivity index (χ1v) is 11.6. The Balaban J connectivity index is 1.96. The van der Waals surface area contributed by atoms with Crippen molar-refractivity contribution in [1.29, 1.82) is 0 Å². The van der Waals surface area contributed by atoms with E-state index in [1.165, 1.54) is 19.2 Å². The van der Waals surface area contributed by atoms with Crippen molar-refractivity contribution in [2.75, 3.05) is 12.0 Å². The van der Waals surface area contributed by atoms with Crippen molar-refractivity contribution in [2.24, 2.45) is 10.9 Å². The lowest BCUT2D eigenvalue weighted by atomic mass is 9.75. The molecule has 0 saturated carbocycles. The number of primary sulfonamides is 1. The SMILES string of the molecule is COC(=O)C1=C(N)N(c2ccc(S(N)(=O)=O)cc2)C2=C(C(=O)CCC2)[C@@H]1c1ccccc1. The molecule has 2 aromatic carbocycles. The first kappa shape index (κ1) is 21.8. The quantitative estimate of drug-likeness (QED) is 0.679. The Morgan fingerprint density at radius 1 is 1.06 bits per heavy atom. The van der Waals surface area contributed by atoms with E-state index in [0.717, 1.165) is 5.56 Å². The molecule has 0 spiro atoms. The molecule has 1 aliphatic carbocycles. The number of carbonyl (C=O) groups excluding carboxylic acids is 2. The van der Waals surface area contributed by atoms with Crippen LogP contribution in [0.5, 0.6) is 0 Å². The summed E-state index contributed by atoms with van der Waals surface area (Å²) in [6.07, 6.45) is 1.59. The van der Waals surface area contributed by atoms with E-state index in [-0.39, 0.29) is 22.1 Å². The van der Waals surface area contributed by atoms with Gasteiger partial charge in [0.2, 0.25) is 10.0 Å². The number of allylic oxidation sites excluding steroid dienone is 2. The second kappa shape index (κ2) is 8.25. The van der Waals surface area contributed by atoms with Crippen molar-refractivity contribution in [2.45, 2.75) is 30.1 Å². The third-order valence-corrected chi connectivity index (χ3v) is 6.68. The van der Waals surface area contributed by atoms with Crippen LogP contribution in [0.15, 0.2) is 82.2 Å². The van der Waals surface area contributed by atoms with Crippen LogP contribution in [0.3, 0.4) is 0 Å². The molecule has 4 N–H and O–H groups in total. The molecule has 32 heavy (non-hydrogen) atoms. The average Bonchev–Trinajstić information content (AvgIpc) is 2.78. The molecule has 1 atom stereocenters. The summed E-state index contributed by atoms with van der Waals surface area (Å²) in [6, 6.07) is 15.1. The molecule has 8 nitrogen and oxygen atoms in total. The number of nitrogens with zero attached hydrogens (tertiary/aromatic N) is 1. The minimum atomic E-state index is -3.87. The maximum Gasteiger partial charge on any atom is 0.338 e. The number of Topliss-reactive ketones (excluding diaryl/α,β-unsaturated/α-hetero) is 1. The number of esters is 1. The molecule has 0 fully saturated rings. The minimum Gasteiger partial charge on any atom is -0.466 e. The Morgan fingerprint density at radius 2 is 1.72 bits per heavy atom. The number of hydrogen-bond donors (Lipinski definition) is 2. The van der Waals surface area contributed by atoms with Gasteiger partial charge < -0.3 is 10.5 Å². The highest BCUT2D eigenvalue weighted by atomic mass is 32.2. The van der Waals surface area contributed by atoms with E-state index in [1.54, 1.807) is 17.0 Å². The Morgan fingerprint density at radius 3 is 2.31 bits per heavy atom. The molecule has 9 heteroatoms. The lowest BCUT2D eigenvalue weighted by molar-refractivity contribution is -0.136. The summed E-state index contributed by atoms with van der Waals surface area (Å²) in [5.41, 5.74) is 9.21. The van der Waals surface area contributed by atoms with E-state index < -0.39 is 21.9 Å². The van der Waals surface area contributed by atoms with Gasteiger partial charge in [-0.05, 0) is 42.7 Å². The molecular weight excluding hydrogens is 430 g/mol. The first-order valence-electron chi connectivity index (χ1n) is 10.1. The number of methoxy groups -OCH3 is 1. The molecule has 0 unspecified atom stereocenters. The van der Waals surface area contributed by atoms with Crippen LogP contribution < -0.4 is 15.8 Å². The molecule has 2 aliphatic rings. The van der Waals surface area contributed by atoms with E-state index in [9.17, 15) is 18.0 Å². The maximum absolute atomic E-state index is 13.1. The summed E-state index contributed by atoms with van der Waals surface area (Å²) in [7, 11) is -2.60. The molecular formula is C23H23N3O5S. The van der Waals surface area contributed by atoms with Gasteiger partial charge in [-0.2, -0.15) is 0 Å². The summed E-state index contributed by atoms with van der Waals surface area (Å²) in [6.45, 7) is 0. The highest BCUT2D eigenvalue weighted by molar-refractivity contribution is 7.89. The molecule has 166 valence electrons. The molecule has 1 aliphatic heterocycles. The lowest BCUT2D eigenvalue weighted by Gasteiger charge is -2.40. The fraction of sp³-hybridized carbons (Fsp3) is 0.217. The normalized spacial score (nSPS) is 19.1. The zero-order chi connectivity index (χ0) is 23.0. The van der Waals surface area contributed by atoms with Gasteiger partial charge >= 0.3 is 5.97 Å². The third-order valence-electron chi connectivity index (χ3n) is 5.75. The summed E-state index contributed by atoms with van der Waals surface area (Å²) in [5.74, 6) is -1.19. The number of hydrogen-bond acceptors (Lipinski definition) is 7. The predicted octanol–water partition coefficient (Wildman–Crippen LogP) is 2.29. The summed E-state index contributed by atoms with van der Waals surface area (Å²) >= 11 is 0. The highest BCUT2D eigenvalue weighted by Crippen LogP contribution is 2.46. The minimum absolute atomic E-state index is 0.0508. The van der Waals surface area contributed by atoms with E-state index in [4.69, 9.17) is 15.6 Å². The van der Waals surface area contributed by atoms with Crippen LogP contribution in [0.2, 0.25) is 0 Å². The lowest BCUT2D eigenvalue weighted by Crippen LogP contribution is -2.40. The number of ether oxygens (including phenoxy) is 1. The van der Waals surface area contributed by atoms with Crippen molar-refractivity contribution in [3.05, 3.63) is 82.8 Å². The summed E-state index contributed by atoms with van der Waals surface area (Å²) in [4.78, 5) is 27.6. The van der Waals surface area contributed by atoms with Gasteiger partial charge in [0.15, 0.2) is 5.78 Å². The number of rotatable bonds is 4. The smallest absolute Gasteiger partial charge is 0.338 e. The maximum atomic E-state index is 13.1. The van der Waals surface area contributed by atoms with Crippen LogP contribution in [0.25, 0.3) is 0 Å². The third kappa shape index (κ3) is 3.69. The van der Waals surface area contributed by atoms with Gasteiger partial charge in [-0.1, -0.05) is 30.3 Å². The van der Waals surface area contributed by atoms with Crippen LogP contribution in [0, 0.1) is 0 Å². The highest BCUT2D eigenvalue weighted by Gasteiger charge is 2.42. The van der Waals surface area contributed by atoms with Crippen molar-refractivity contribution in [3.63, 3.8) is 0 Å². The zero-order valence-corrected chi connectivity index (χ0v) is 18.3. The number of anilines is 1. The van der Waals surface area contributed by atoms with E-state index in [1.807, 2.05) is 30.3 Å². The van der Waals surface area contributed by atoms with Gasteiger partial charge in [-0.3, -0.25) is 9.69 Å². The second-order valence-corrected chi connectivity index (χ2v) is 9.21. The van der Waals surface area contributed by atoms with Crippen LogP contribution in [0.4, 0.5) is 5.69 Å². The fourth-order valence-corrected chi connectivity index (χ4v) is 4.87. The Labute approximate surface area is 186 Å². The van der Waals surface area contributed by atoms with Gasteiger partial charge in [0.25, 0.3) is 0 Å². The first-order chi connectivity index (χ1) is 15.2. The molecule has 0 bridgehead atoms. The molecule has 0 amide bonds. The topological polar surface area (TPSA) is 133 Å². The second-order valence-electron chi connectivity index (χ2n) is 7.65. The molecule has 1 heterocycles. The Kier molecular flexibility index (Phi) is 5.62. The fourth-order valence-electron chi connectivity index (χ4n) is 4.36. The summed E-state index contributed by atoms with van der Waals surface area (Å²) in [5, 5.41) is 5.21.